The van der Waals surface area contributed by atoms with Gasteiger partial charge in [0.15, 0.2) is 0 Å². The zero-order valence-corrected chi connectivity index (χ0v) is 12.6. The van der Waals surface area contributed by atoms with Crippen LogP contribution in [0.5, 0.6) is 0 Å². The van der Waals surface area contributed by atoms with Crippen molar-refractivity contribution in [2.45, 2.75) is 57.2 Å². The molecule has 1 aliphatic rings. The predicted octanol–water partition coefficient (Wildman–Crippen LogP) is 3.76. The van der Waals surface area contributed by atoms with Gasteiger partial charge in [-0.05, 0) is 49.8 Å². The third-order valence-corrected chi connectivity index (χ3v) is 4.36. The monoisotopic (exact) mass is 310 g/mol. The van der Waals surface area contributed by atoms with E-state index < -0.39 is 0 Å². The van der Waals surface area contributed by atoms with Crippen LogP contribution >= 0.6 is 15.9 Å². The normalized spacial score (nSPS) is 25.9. The summed E-state index contributed by atoms with van der Waals surface area (Å²) in [6.07, 6.45) is 5.87. The molecular weight excluding hydrogens is 288 g/mol. The van der Waals surface area contributed by atoms with Crippen molar-refractivity contribution < 1.29 is 0 Å². The zero-order chi connectivity index (χ0) is 13.0. The van der Waals surface area contributed by atoms with Gasteiger partial charge in [0.05, 0.1) is 0 Å². The van der Waals surface area contributed by atoms with Gasteiger partial charge in [0.1, 0.15) is 0 Å². The van der Waals surface area contributed by atoms with Crippen LogP contribution in [0.1, 0.15) is 50.6 Å². The van der Waals surface area contributed by atoms with Crippen molar-refractivity contribution in [3.63, 3.8) is 0 Å². The summed E-state index contributed by atoms with van der Waals surface area (Å²) in [5.74, 6) is 0. The third-order valence-electron chi connectivity index (χ3n) is 3.87. The predicted molar refractivity (Wildman–Crippen MR) is 80.5 cm³/mol. The fraction of sp³-hybridized carbons (Fsp3) is 0.600. The summed E-state index contributed by atoms with van der Waals surface area (Å²) in [7, 11) is 0. The summed E-state index contributed by atoms with van der Waals surface area (Å²) in [6.45, 7) is 2.24. The maximum Gasteiger partial charge on any atom is 0.0320 e. The van der Waals surface area contributed by atoms with Crippen molar-refractivity contribution >= 4 is 15.9 Å². The van der Waals surface area contributed by atoms with Crippen LogP contribution in [0.3, 0.4) is 0 Å². The topological polar surface area (TPSA) is 38.0 Å². The van der Waals surface area contributed by atoms with E-state index in [1.54, 1.807) is 0 Å². The molecule has 0 radical (unpaired) electrons. The molecule has 0 bridgehead atoms. The number of rotatable bonds is 4. The van der Waals surface area contributed by atoms with Crippen LogP contribution in [0.4, 0.5) is 0 Å². The Morgan fingerprint density at radius 1 is 1.33 bits per heavy atom. The standard InChI is InChI=1S/C15H23BrN2/c1-2-15(11-4-3-5-12(16)10-11)18-14-8-6-13(17)7-9-14/h3-5,10,13-15,18H,2,6-9,17H2,1H3. The summed E-state index contributed by atoms with van der Waals surface area (Å²) in [5.41, 5.74) is 7.33. The van der Waals surface area contributed by atoms with Gasteiger partial charge in [-0.1, -0.05) is 35.0 Å². The van der Waals surface area contributed by atoms with E-state index in [1.165, 1.54) is 18.4 Å². The number of hydrogen-bond donors (Lipinski definition) is 2. The van der Waals surface area contributed by atoms with Gasteiger partial charge >= 0.3 is 0 Å². The Morgan fingerprint density at radius 2 is 2.06 bits per heavy atom. The highest BCUT2D eigenvalue weighted by molar-refractivity contribution is 9.10. The van der Waals surface area contributed by atoms with Crippen molar-refractivity contribution in [1.29, 1.82) is 0 Å². The molecule has 2 rings (SSSR count). The highest BCUT2D eigenvalue weighted by Crippen LogP contribution is 2.24. The third kappa shape index (κ3) is 3.81. The molecule has 1 aromatic rings. The van der Waals surface area contributed by atoms with E-state index in [-0.39, 0.29) is 0 Å². The SMILES string of the molecule is CCC(NC1CCC(N)CC1)c1cccc(Br)c1. The van der Waals surface area contributed by atoms with Crippen LogP contribution in [-0.4, -0.2) is 12.1 Å². The molecule has 1 aliphatic carbocycles. The molecule has 0 spiro atoms. The molecule has 0 aliphatic heterocycles. The highest BCUT2D eigenvalue weighted by Gasteiger charge is 2.21. The maximum atomic E-state index is 5.96. The van der Waals surface area contributed by atoms with Gasteiger partial charge in [0.2, 0.25) is 0 Å². The molecule has 3 heteroatoms. The molecule has 0 saturated heterocycles. The molecule has 2 nitrogen and oxygen atoms in total. The van der Waals surface area contributed by atoms with Gasteiger partial charge in [-0.15, -0.1) is 0 Å². The maximum absolute atomic E-state index is 5.96. The minimum absolute atomic E-state index is 0.425. The van der Waals surface area contributed by atoms with E-state index in [0.29, 0.717) is 18.1 Å². The summed E-state index contributed by atoms with van der Waals surface area (Å²) in [5, 5.41) is 3.79. The lowest BCUT2D eigenvalue weighted by Gasteiger charge is -2.30. The molecular formula is C15H23BrN2. The van der Waals surface area contributed by atoms with Crippen LogP contribution in [0.15, 0.2) is 28.7 Å². The second-order valence-electron chi connectivity index (χ2n) is 5.29. The smallest absolute Gasteiger partial charge is 0.0320 e. The molecule has 1 saturated carbocycles. The van der Waals surface area contributed by atoms with Crippen LogP contribution < -0.4 is 11.1 Å². The van der Waals surface area contributed by atoms with Gasteiger partial charge in [-0.2, -0.15) is 0 Å². The summed E-state index contributed by atoms with van der Waals surface area (Å²) < 4.78 is 1.16. The van der Waals surface area contributed by atoms with E-state index in [4.69, 9.17) is 5.73 Å². The average molecular weight is 311 g/mol. The number of nitrogens with one attached hydrogen (secondary N) is 1. The first-order valence-corrected chi connectivity index (χ1v) is 7.75. The summed E-state index contributed by atoms with van der Waals surface area (Å²) >= 11 is 3.55. The molecule has 1 unspecified atom stereocenters. The number of halogens is 1. The van der Waals surface area contributed by atoms with E-state index in [2.05, 4.69) is 52.4 Å². The van der Waals surface area contributed by atoms with Crippen LogP contribution in [0, 0.1) is 0 Å². The van der Waals surface area contributed by atoms with Crippen LogP contribution in [0.25, 0.3) is 0 Å². The van der Waals surface area contributed by atoms with Gasteiger partial charge in [0, 0.05) is 22.6 Å². The highest BCUT2D eigenvalue weighted by atomic mass is 79.9. The first-order chi connectivity index (χ1) is 8.69. The van der Waals surface area contributed by atoms with Crippen LogP contribution in [-0.2, 0) is 0 Å². The van der Waals surface area contributed by atoms with Crippen molar-refractivity contribution in [1.82, 2.24) is 5.32 Å². The lowest BCUT2D eigenvalue weighted by Crippen LogP contribution is -2.39. The minimum atomic E-state index is 0.425. The van der Waals surface area contributed by atoms with Crippen molar-refractivity contribution in [3.05, 3.63) is 34.3 Å². The van der Waals surface area contributed by atoms with E-state index in [1.807, 2.05) is 0 Å². The molecule has 1 fully saturated rings. The van der Waals surface area contributed by atoms with Gasteiger partial charge in [0.25, 0.3) is 0 Å². The van der Waals surface area contributed by atoms with Crippen molar-refractivity contribution in [2.75, 3.05) is 0 Å². The number of benzene rings is 1. The van der Waals surface area contributed by atoms with E-state index in [0.717, 1.165) is 23.7 Å². The molecule has 3 N–H and O–H groups in total. The molecule has 18 heavy (non-hydrogen) atoms. The Balaban J connectivity index is 1.97. The number of nitrogens with two attached hydrogens (primary N) is 1. The Hall–Kier alpha value is -0.380. The quantitative estimate of drug-likeness (QED) is 0.888. The average Bonchev–Trinajstić information content (AvgIpc) is 2.38. The fourth-order valence-electron chi connectivity index (χ4n) is 2.74. The molecule has 0 heterocycles. The van der Waals surface area contributed by atoms with E-state index in [9.17, 15) is 0 Å². The molecule has 1 aromatic carbocycles. The largest absolute Gasteiger partial charge is 0.328 e. The zero-order valence-electron chi connectivity index (χ0n) is 11.0. The second kappa shape index (κ2) is 6.69. The molecule has 1 atom stereocenters. The Bertz CT molecular complexity index is 373. The Labute approximate surface area is 118 Å². The van der Waals surface area contributed by atoms with Gasteiger partial charge in [-0.25, -0.2) is 0 Å². The number of hydrogen-bond acceptors (Lipinski definition) is 2. The van der Waals surface area contributed by atoms with Crippen molar-refractivity contribution in [3.8, 4) is 0 Å². The van der Waals surface area contributed by atoms with Gasteiger partial charge in [-0.3, -0.25) is 0 Å². The summed E-state index contributed by atoms with van der Waals surface area (Å²) in [6, 6.07) is 10.1. The van der Waals surface area contributed by atoms with Crippen molar-refractivity contribution in [2.24, 2.45) is 5.73 Å². The second-order valence-corrected chi connectivity index (χ2v) is 6.21. The lowest BCUT2D eigenvalue weighted by molar-refractivity contribution is 0.312. The summed E-state index contributed by atoms with van der Waals surface area (Å²) in [4.78, 5) is 0. The minimum Gasteiger partial charge on any atom is -0.328 e. The molecule has 0 amide bonds. The van der Waals surface area contributed by atoms with Crippen LogP contribution in [0.2, 0.25) is 0 Å². The molecule has 100 valence electrons. The Kier molecular flexibility index (Phi) is 5.22. The Morgan fingerprint density at radius 3 is 2.67 bits per heavy atom. The first-order valence-electron chi connectivity index (χ1n) is 6.96. The molecule has 0 aromatic heterocycles. The van der Waals surface area contributed by atoms with Gasteiger partial charge < -0.3 is 11.1 Å². The van der Waals surface area contributed by atoms with E-state index >= 15 is 0 Å². The lowest BCUT2D eigenvalue weighted by atomic mass is 9.90. The fourth-order valence-corrected chi connectivity index (χ4v) is 3.16. The first kappa shape index (κ1) is 14.0.